The zero-order valence-electron chi connectivity index (χ0n) is 12.1. The van der Waals surface area contributed by atoms with Crippen LogP contribution in [-0.4, -0.2) is 51.6 Å². The monoisotopic (exact) mass is 358 g/mol. The van der Waals surface area contributed by atoms with Gasteiger partial charge < -0.3 is 15.4 Å². The van der Waals surface area contributed by atoms with E-state index in [9.17, 15) is 13.2 Å². The van der Waals surface area contributed by atoms with Crippen molar-refractivity contribution < 1.29 is 17.9 Å². The molecule has 1 aromatic rings. The number of halogens is 1. The molecular weight excluding hydrogens is 344 g/mol. The molecule has 0 aliphatic carbocycles. The molecule has 0 atom stereocenters. The number of rotatable bonds is 4. The van der Waals surface area contributed by atoms with Gasteiger partial charge in [-0.2, -0.15) is 9.57 Å². The highest BCUT2D eigenvalue weighted by atomic mass is 35.5. The van der Waals surface area contributed by atoms with Gasteiger partial charge in [-0.3, -0.25) is 0 Å². The first-order chi connectivity index (χ1) is 10.9. The molecule has 0 spiro atoms. The van der Waals surface area contributed by atoms with E-state index < -0.39 is 16.1 Å². The SMILES string of the molecule is N#CCNC(=O)Nc1cc(S(=O)(=O)N2CCOCC2)ccc1Cl. The normalized spacial score (nSPS) is 15.7. The summed E-state index contributed by atoms with van der Waals surface area (Å²) in [7, 11) is -3.68. The Kier molecular flexibility index (Phi) is 5.79. The Balaban J connectivity index is 2.22. The van der Waals surface area contributed by atoms with Crippen molar-refractivity contribution >= 4 is 33.3 Å². The number of carbonyl (C=O) groups excluding carboxylic acids is 1. The van der Waals surface area contributed by atoms with Crippen LogP contribution in [0, 0.1) is 11.3 Å². The number of urea groups is 1. The van der Waals surface area contributed by atoms with E-state index in [0.717, 1.165) is 0 Å². The van der Waals surface area contributed by atoms with Crippen LogP contribution < -0.4 is 10.6 Å². The number of amides is 2. The van der Waals surface area contributed by atoms with E-state index in [1.165, 1.54) is 22.5 Å². The van der Waals surface area contributed by atoms with Gasteiger partial charge in [0.1, 0.15) is 6.54 Å². The number of anilines is 1. The van der Waals surface area contributed by atoms with Crippen LogP contribution in [-0.2, 0) is 14.8 Å². The molecule has 1 fully saturated rings. The Labute approximate surface area is 139 Å². The van der Waals surface area contributed by atoms with E-state index >= 15 is 0 Å². The molecule has 2 rings (SSSR count). The first-order valence-corrected chi connectivity index (χ1v) is 8.56. The lowest BCUT2D eigenvalue weighted by molar-refractivity contribution is 0.0730. The van der Waals surface area contributed by atoms with Crippen molar-refractivity contribution in [3.8, 4) is 6.07 Å². The Morgan fingerprint density at radius 3 is 2.74 bits per heavy atom. The number of carbonyl (C=O) groups is 1. The molecule has 10 heteroatoms. The fraction of sp³-hybridized carbons (Fsp3) is 0.385. The maximum atomic E-state index is 12.6. The van der Waals surface area contributed by atoms with Crippen molar-refractivity contribution in [3.05, 3.63) is 23.2 Å². The first kappa shape index (κ1) is 17.5. The molecule has 2 N–H and O–H groups in total. The molecule has 124 valence electrons. The van der Waals surface area contributed by atoms with Crippen molar-refractivity contribution in [1.82, 2.24) is 9.62 Å². The van der Waals surface area contributed by atoms with Crippen LogP contribution in [0.1, 0.15) is 0 Å². The van der Waals surface area contributed by atoms with Gasteiger partial charge in [-0.25, -0.2) is 13.2 Å². The molecule has 1 aliphatic rings. The number of ether oxygens (including phenoxy) is 1. The molecule has 0 aromatic heterocycles. The summed E-state index contributed by atoms with van der Waals surface area (Å²) < 4.78 is 31.6. The van der Waals surface area contributed by atoms with Gasteiger partial charge in [0.2, 0.25) is 10.0 Å². The minimum Gasteiger partial charge on any atom is -0.379 e. The van der Waals surface area contributed by atoms with E-state index in [1.807, 2.05) is 0 Å². The van der Waals surface area contributed by atoms with Crippen molar-refractivity contribution in [2.45, 2.75) is 4.90 Å². The summed E-state index contributed by atoms with van der Waals surface area (Å²) >= 11 is 5.97. The summed E-state index contributed by atoms with van der Waals surface area (Å²) in [6.07, 6.45) is 0. The number of sulfonamides is 1. The predicted octanol–water partition coefficient (Wildman–Crippen LogP) is 1.01. The second-order valence-corrected chi connectivity index (χ2v) is 6.97. The minimum absolute atomic E-state index is 0.0272. The molecule has 0 radical (unpaired) electrons. The third kappa shape index (κ3) is 4.33. The number of nitriles is 1. The highest BCUT2D eigenvalue weighted by Crippen LogP contribution is 2.27. The number of hydrogen-bond acceptors (Lipinski definition) is 5. The summed E-state index contributed by atoms with van der Waals surface area (Å²) in [5.41, 5.74) is 0.149. The van der Waals surface area contributed by atoms with Gasteiger partial charge in [-0.1, -0.05) is 11.6 Å². The zero-order valence-corrected chi connectivity index (χ0v) is 13.7. The molecule has 0 unspecified atom stereocenters. The molecule has 1 heterocycles. The van der Waals surface area contributed by atoms with Crippen molar-refractivity contribution in [2.75, 3.05) is 38.2 Å². The van der Waals surface area contributed by atoms with Crippen LogP contribution in [0.25, 0.3) is 0 Å². The van der Waals surface area contributed by atoms with E-state index in [2.05, 4.69) is 10.6 Å². The molecule has 1 aliphatic heterocycles. The van der Waals surface area contributed by atoms with Crippen LogP contribution in [0.4, 0.5) is 10.5 Å². The van der Waals surface area contributed by atoms with Crippen LogP contribution in [0.2, 0.25) is 5.02 Å². The Morgan fingerprint density at radius 2 is 2.09 bits per heavy atom. The summed E-state index contributed by atoms with van der Waals surface area (Å²) in [4.78, 5) is 11.6. The lowest BCUT2D eigenvalue weighted by Gasteiger charge is -2.26. The first-order valence-electron chi connectivity index (χ1n) is 6.74. The van der Waals surface area contributed by atoms with Gasteiger partial charge in [-0.15, -0.1) is 0 Å². The highest BCUT2D eigenvalue weighted by molar-refractivity contribution is 7.89. The maximum absolute atomic E-state index is 12.6. The predicted molar refractivity (Wildman–Crippen MR) is 83.7 cm³/mol. The van der Waals surface area contributed by atoms with Crippen molar-refractivity contribution in [1.29, 1.82) is 5.26 Å². The Morgan fingerprint density at radius 1 is 1.39 bits per heavy atom. The number of morpholine rings is 1. The minimum atomic E-state index is -3.68. The fourth-order valence-electron chi connectivity index (χ4n) is 1.98. The molecule has 2 amide bonds. The van der Waals surface area contributed by atoms with E-state index in [1.54, 1.807) is 6.07 Å². The largest absolute Gasteiger partial charge is 0.379 e. The van der Waals surface area contributed by atoms with Gasteiger partial charge in [-0.05, 0) is 18.2 Å². The fourth-order valence-corrected chi connectivity index (χ4v) is 3.58. The quantitative estimate of drug-likeness (QED) is 0.780. The van der Waals surface area contributed by atoms with Gasteiger partial charge >= 0.3 is 6.03 Å². The molecule has 1 saturated heterocycles. The van der Waals surface area contributed by atoms with Crippen LogP contribution in [0.5, 0.6) is 0 Å². The second-order valence-electron chi connectivity index (χ2n) is 4.62. The Hall–Kier alpha value is -1.86. The maximum Gasteiger partial charge on any atom is 0.320 e. The molecule has 23 heavy (non-hydrogen) atoms. The summed E-state index contributed by atoms with van der Waals surface area (Å²) in [5.74, 6) is 0. The number of nitrogens with one attached hydrogen (secondary N) is 2. The van der Waals surface area contributed by atoms with Gasteiger partial charge in [0.25, 0.3) is 0 Å². The Bertz CT molecular complexity index is 726. The average molecular weight is 359 g/mol. The third-order valence-electron chi connectivity index (χ3n) is 3.12. The summed E-state index contributed by atoms with van der Waals surface area (Å²) in [5, 5.41) is 13.3. The van der Waals surface area contributed by atoms with Crippen molar-refractivity contribution in [2.24, 2.45) is 0 Å². The number of benzene rings is 1. The van der Waals surface area contributed by atoms with E-state index in [-0.39, 0.29) is 35.2 Å². The number of nitrogens with zero attached hydrogens (tertiary/aromatic N) is 2. The lowest BCUT2D eigenvalue weighted by Crippen LogP contribution is -2.40. The van der Waals surface area contributed by atoms with E-state index in [0.29, 0.717) is 13.2 Å². The van der Waals surface area contributed by atoms with Crippen molar-refractivity contribution in [3.63, 3.8) is 0 Å². The molecule has 1 aromatic carbocycles. The van der Waals surface area contributed by atoms with Crippen LogP contribution >= 0.6 is 11.6 Å². The van der Waals surface area contributed by atoms with Gasteiger partial charge in [0, 0.05) is 13.1 Å². The molecule has 0 bridgehead atoms. The topological polar surface area (TPSA) is 112 Å². The molecular formula is C13H15ClN4O4S. The second kappa shape index (κ2) is 7.61. The average Bonchev–Trinajstić information content (AvgIpc) is 2.55. The summed E-state index contributed by atoms with van der Waals surface area (Å²) in [6, 6.07) is 5.18. The van der Waals surface area contributed by atoms with Gasteiger partial charge in [0.15, 0.2) is 0 Å². The number of hydrogen-bond donors (Lipinski definition) is 2. The summed E-state index contributed by atoms with van der Waals surface area (Å²) in [6.45, 7) is 1.06. The zero-order chi connectivity index (χ0) is 16.9. The van der Waals surface area contributed by atoms with E-state index in [4.69, 9.17) is 21.6 Å². The van der Waals surface area contributed by atoms with Crippen LogP contribution in [0.15, 0.2) is 23.1 Å². The van der Waals surface area contributed by atoms with Crippen LogP contribution in [0.3, 0.4) is 0 Å². The smallest absolute Gasteiger partial charge is 0.320 e. The van der Waals surface area contributed by atoms with Gasteiger partial charge in [0.05, 0.1) is 34.9 Å². The third-order valence-corrected chi connectivity index (χ3v) is 5.35. The highest BCUT2D eigenvalue weighted by Gasteiger charge is 2.27. The lowest BCUT2D eigenvalue weighted by atomic mass is 10.3. The molecule has 0 saturated carbocycles. The molecule has 8 nitrogen and oxygen atoms in total. The standard InChI is InChI=1S/C13H15ClN4O4S/c14-11-2-1-10(9-12(11)17-13(19)16-4-3-15)23(20,21)18-5-7-22-8-6-18/h1-2,9H,4-8H2,(H2,16,17,19).